The molecule has 3 heteroatoms. The van der Waals surface area contributed by atoms with Gasteiger partial charge >= 0.3 is 0 Å². The number of carbonyl (C=O) groups excluding carboxylic acids is 1. The molecule has 1 atom stereocenters. The lowest BCUT2D eigenvalue weighted by Gasteiger charge is -2.10. The molecule has 0 spiro atoms. The summed E-state index contributed by atoms with van der Waals surface area (Å²) in [4.78, 5) is 12.3. The lowest BCUT2D eigenvalue weighted by atomic mass is 10.00. The summed E-state index contributed by atoms with van der Waals surface area (Å²) >= 11 is 0. The number of ether oxygens (including phenoxy) is 1. The second kappa shape index (κ2) is 4.50. The molecule has 2 nitrogen and oxygen atoms in total. The predicted molar refractivity (Wildman–Crippen MR) is 70.0 cm³/mol. The molecule has 2 aromatic rings. The summed E-state index contributed by atoms with van der Waals surface area (Å²) in [7, 11) is 0. The molecule has 0 N–H and O–H groups in total. The summed E-state index contributed by atoms with van der Waals surface area (Å²) in [6.45, 7) is 1.83. The van der Waals surface area contributed by atoms with E-state index in [1.807, 2.05) is 31.2 Å². The molecule has 1 unspecified atom stereocenters. The highest BCUT2D eigenvalue weighted by atomic mass is 19.1. The third-order valence-corrected chi connectivity index (χ3v) is 3.33. The number of Topliss-reactive ketones (excluding diaryl/α,β-unsaturated/α-hetero) is 1. The minimum Gasteiger partial charge on any atom is -0.482 e. The van der Waals surface area contributed by atoms with Gasteiger partial charge in [0.25, 0.3) is 0 Å². The van der Waals surface area contributed by atoms with Gasteiger partial charge in [-0.05, 0) is 30.7 Å². The largest absolute Gasteiger partial charge is 0.482 e. The van der Waals surface area contributed by atoms with Gasteiger partial charge in [0, 0.05) is 6.42 Å². The quantitative estimate of drug-likeness (QED) is 0.770. The van der Waals surface area contributed by atoms with Gasteiger partial charge in [-0.15, -0.1) is 0 Å². The lowest BCUT2D eigenvalue weighted by Crippen LogP contribution is -2.26. The number of ketones is 1. The van der Waals surface area contributed by atoms with Gasteiger partial charge in [-0.25, -0.2) is 4.39 Å². The molecule has 1 aliphatic rings. The summed E-state index contributed by atoms with van der Waals surface area (Å²) in [5.74, 6) is -0.0681. The standard InChI is InChI=1S/C16H13FO2/c1-10-6-7-13(17)12(8-10)16(18)15-9-11-4-2-3-5-14(11)19-15/h2-8,15H,9H2,1H3. The minimum absolute atomic E-state index is 0.109. The van der Waals surface area contributed by atoms with Crippen molar-refractivity contribution in [1.29, 1.82) is 0 Å². The van der Waals surface area contributed by atoms with Gasteiger partial charge in [0.05, 0.1) is 5.56 Å². The van der Waals surface area contributed by atoms with Crippen molar-refractivity contribution in [3.63, 3.8) is 0 Å². The molecule has 0 saturated carbocycles. The molecule has 3 rings (SSSR count). The van der Waals surface area contributed by atoms with E-state index in [4.69, 9.17) is 4.74 Å². The Morgan fingerprint density at radius 1 is 1.26 bits per heavy atom. The third-order valence-electron chi connectivity index (χ3n) is 3.33. The van der Waals surface area contributed by atoms with Gasteiger partial charge in [-0.2, -0.15) is 0 Å². The number of aryl methyl sites for hydroxylation is 1. The van der Waals surface area contributed by atoms with E-state index in [0.29, 0.717) is 12.2 Å². The molecule has 1 heterocycles. The summed E-state index contributed by atoms with van der Waals surface area (Å²) in [6, 6.07) is 12.1. The number of halogens is 1. The van der Waals surface area contributed by atoms with Crippen molar-refractivity contribution in [3.05, 3.63) is 65.0 Å². The first kappa shape index (κ1) is 11.9. The van der Waals surface area contributed by atoms with Gasteiger partial charge in [-0.3, -0.25) is 4.79 Å². The highest BCUT2D eigenvalue weighted by Crippen LogP contribution is 2.30. The van der Waals surface area contributed by atoms with Crippen LogP contribution in [0.2, 0.25) is 0 Å². The summed E-state index contributed by atoms with van der Waals surface area (Å²) in [5, 5.41) is 0. The van der Waals surface area contributed by atoms with Gasteiger partial charge in [0.1, 0.15) is 11.6 Å². The van der Waals surface area contributed by atoms with Crippen molar-refractivity contribution >= 4 is 5.78 Å². The maximum Gasteiger partial charge on any atom is 0.206 e. The maximum absolute atomic E-state index is 13.7. The van der Waals surface area contributed by atoms with E-state index in [0.717, 1.165) is 11.1 Å². The molecule has 2 aromatic carbocycles. The SMILES string of the molecule is Cc1ccc(F)c(C(=O)C2Cc3ccccc3O2)c1. The Hall–Kier alpha value is -2.16. The fourth-order valence-corrected chi connectivity index (χ4v) is 2.33. The van der Waals surface area contributed by atoms with Crippen LogP contribution >= 0.6 is 0 Å². The fraction of sp³-hybridized carbons (Fsp3) is 0.188. The molecule has 0 saturated heterocycles. The molecule has 1 aliphatic heterocycles. The third kappa shape index (κ3) is 2.12. The van der Waals surface area contributed by atoms with Crippen LogP contribution in [0.1, 0.15) is 21.5 Å². The van der Waals surface area contributed by atoms with Crippen LogP contribution in [0, 0.1) is 12.7 Å². The Kier molecular flexibility index (Phi) is 2.82. The van der Waals surface area contributed by atoms with Gasteiger partial charge in [-0.1, -0.05) is 29.8 Å². The molecular formula is C16H13FO2. The van der Waals surface area contributed by atoms with Crippen molar-refractivity contribution in [1.82, 2.24) is 0 Å². The van der Waals surface area contributed by atoms with Crippen LogP contribution in [0.3, 0.4) is 0 Å². The van der Waals surface area contributed by atoms with Crippen molar-refractivity contribution < 1.29 is 13.9 Å². The lowest BCUT2D eigenvalue weighted by molar-refractivity contribution is 0.0820. The highest BCUT2D eigenvalue weighted by molar-refractivity contribution is 6.00. The zero-order valence-corrected chi connectivity index (χ0v) is 10.5. The van der Waals surface area contributed by atoms with Crippen molar-refractivity contribution in [2.45, 2.75) is 19.4 Å². The van der Waals surface area contributed by atoms with E-state index in [9.17, 15) is 9.18 Å². The Labute approximate surface area is 110 Å². The second-order valence-corrected chi connectivity index (χ2v) is 4.77. The van der Waals surface area contributed by atoms with Crippen molar-refractivity contribution in [2.24, 2.45) is 0 Å². The molecule has 0 radical (unpaired) electrons. The number of rotatable bonds is 2. The fourth-order valence-electron chi connectivity index (χ4n) is 2.33. The smallest absolute Gasteiger partial charge is 0.206 e. The van der Waals surface area contributed by atoms with Crippen LogP contribution in [-0.4, -0.2) is 11.9 Å². The normalized spacial score (nSPS) is 16.8. The highest BCUT2D eigenvalue weighted by Gasteiger charge is 2.30. The molecule has 19 heavy (non-hydrogen) atoms. The minimum atomic E-state index is -0.617. The number of benzene rings is 2. The van der Waals surface area contributed by atoms with Gasteiger partial charge < -0.3 is 4.74 Å². The number of para-hydroxylation sites is 1. The number of carbonyl (C=O) groups is 1. The monoisotopic (exact) mass is 256 g/mol. The first-order valence-corrected chi connectivity index (χ1v) is 6.20. The molecule has 0 bridgehead atoms. The summed E-state index contributed by atoms with van der Waals surface area (Å²) < 4.78 is 19.3. The molecule has 96 valence electrons. The molecular weight excluding hydrogens is 243 g/mol. The van der Waals surface area contributed by atoms with Crippen LogP contribution in [0.15, 0.2) is 42.5 Å². The Morgan fingerprint density at radius 2 is 2.05 bits per heavy atom. The van der Waals surface area contributed by atoms with Crippen LogP contribution in [0.5, 0.6) is 5.75 Å². The summed E-state index contributed by atoms with van der Waals surface area (Å²) in [5.41, 5.74) is 1.96. The van der Waals surface area contributed by atoms with E-state index >= 15 is 0 Å². The first-order valence-electron chi connectivity index (χ1n) is 6.20. The molecule has 0 fully saturated rings. The summed E-state index contributed by atoms with van der Waals surface area (Å²) in [6.07, 6.45) is -0.115. The Bertz CT molecular complexity index is 624. The number of fused-ring (bicyclic) bond motifs is 1. The van der Waals surface area contributed by atoms with E-state index < -0.39 is 11.9 Å². The first-order chi connectivity index (χ1) is 9.15. The van der Waals surface area contributed by atoms with Crippen molar-refractivity contribution in [2.75, 3.05) is 0 Å². The van der Waals surface area contributed by atoms with Crippen LogP contribution < -0.4 is 4.74 Å². The Balaban J connectivity index is 1.89. The molecule has 0 amide bonds. The van der Waals surface area contributed by atoms with E-state index in [1.165, 1.54) is 6.07 Å². The zero-order chi connectivity index (χ0) is 13.4. The average Bonchev–Trinajstić information content (AvgIpc) is 2.84. The average molecular weight is 256 g/mol. The van der Waals surface area contributed by atoms with Gasteiger partial charge in [0.15, 0.2) is 6.10 Å². The number of hydrogen-bond donors (Lipinski definition) is 0. The predicted octanol–water partition coefficient (Wildman–Crippen LogP) is 3.32. The van der Waals surface area contributed by atoms with E-state index in [-0.39, 0.29) is 11.3 Å². The number of hydrogen-bond acceptors (Lipinski definition) is 2. The van der Waals surface area contributed by atoms with E-state index in [1.54, 1.807) is 12.1 Å². The molecule has 0 aliphatic carbocycles. The topological polar surface area (TPSA) is 26.3 Å². The van der Waals surface area contributed by atoms with Crippen LogP contribution in [-0.2, 0) is 6.42 Å². The van der Waals surface area contributed by atoms with Gasteiger partial charge in [0.2, 0.25) is 5.78 Å². The van der Waals surface area contributed by atoms with Crippen molar-refractivity contribution in [3.8, 4) is 5.75 Å². The van der Waals surface area contributed by atoms with Crippen LogP contribution in [0.25, 0.3) is 0 Å². The van der Waals surface area contributed by atoms with E-state index in [2.05, 4.69) is 0 Å². The Morgan fingerprint density at radius 3 is 2.84 bits per heavy atom. The zero-order valence-electron chi connectivity index (χ0n) is 10.5. The van der Waals surface area contributed by atoms with Crippen LogP contribution in [0.4, 0.5) is 4.39 Å². The maximum atomic E-state index is 13.7. The second-order valence-electron chi connectivity index (χ2n) is 4.77. The molecule has 0 aromatic heterocycles.